The zero-order valence-electron chi connectivity index (χ0n) is 8.79. The van der Waals surface area contributed by atoms with E-state index in [2.05, 4.69) is 22.4 Å². The summed E-state index contributed by atoms with van der Waals surface area (Å²) in [5, 5.41) is 7.19. The summed E-state index contributed by atoms with van der Waals surface area (Å²) in [6, 6.07) is 0.205. The van der Waals surface area contributed by atoms with Gasteiger partial charge in [0.05, 0.1) is 6.04 Å². The first-order valence-electron chi connectivity index (χ1n) is 5.36. The Kier molecular flexibility index (Phi) is 2.82. The lowest BCUT2D eigenvalue weighted by atomic mass is 9.85. The molecule has 14 heavy (non-hydrogen) atoms. The van der Waals surface area contributed by atoms with Gasteiger partial charge in [-0.15, -0.1) is 0 Å². The van der Waals surface area contributed by atoms with E-state index in [1.165, 1.54) is 19.3 Å². The van der Waals surface area contributed by atoms with Crippen LogP contribution in [0.15, 0.2) is 4.52 Å². The molecule has 1 aliphatic carbocycles. The van der Waals surface area contributed by atoms with Gasteiger partial charge in [-0.1, -0.05) is 18.5 Å². The van der Waals surface area contributed by atoms with Crippen molar-refractivity contribution in [3.63, 3.8) is 0 Å². The third kappa shape index (κ3) is 1.66. The highest BCUT2D eigenvalue weighted by atomic mass is 16.5. The molecule has 0 aromatic carbocycles. The van der Waals surface area contributed by atoms with Gasteiger partial charge in [-0.3, -0.25) is 0 Å². The molecule has 2 rings (SSSR count). The van der Waals surface area contributed by atoms with Gasteiger partial charge < -0.3 is 9.84 Å². The smallest absolute Gasteiger partial charge is 0.243 e. The van der Waals surface area contributed by atoms with Crippen molar-refractivity contribution in [2.24, 2.45) is 0 Å². The average molecular weight is 195 g/mol. The molecular weight excluding hydrogens is 178 g/mol. The standard InChI is InChI=1S/C10H17N3O/c1-3-8(11-2)10-12-9(13-14-10)7-5-4-6-7/h7-8,11H,3-6H2,1-2H3. The Bertz CT molecular complexity index is 289. The second-order valence-electron chi connectivity index (χ2n) is 3.87. The molecule has 1 fully saturated rings. The lowest BCUT2D eigenvalue weighted by Crippen LogP contribution is -2.16. The lowest BCUT2D eigenvalue weighted by molar-refractivity contribution is 0.321. The van der Waals surface area contributed by atoms with Crippen molar-refractivity contribution in [3.8, 4) is 0 Å². The van der Waals surface area contributed by atoms with Crippen LogP contribution in [0, 0.1) is 0 Å². The van der Waals surface area contributed by atoms with E-state index in [0.717, 1.165) is 18.1 Å². The van der Waals surface area contributed by atoms with Crippen molar-refractivity contribution in [2.45, 2.75) is 44.6 Å². The second-order valence-corrected chi connectivity index (χ2v) is 3.87. The summed E-state index contributed by atoms with van der Waals surface area (Å²) in [5.74, 6) is 2.19. The van der Waals surface area contributed by atoms with E-state index >= 15 is 0 Å². The number of hydrogen-bond acceptors (Lipinski definition) is 4. The monoisotopic (exact) mass is 195 g/mol. The van der Waals surface area contributed by atoms with Crippen LogP contribution in [0.2, 0.25) is 0 Å². The normalized spacial score (nSPS) is 19.3. The minimum absolute atomic E-state index is 0.205. The maximum absolute atomic E-state index is 5.24. The van der Waals surface area contributed by atoms with Crippen LogP contribution in [0.4, 0.5) is 0 Å². The number of aromatic nitrogens is 2. The topological polar surface area (TPSA) is 51.0 Å². The van der Waals surface area contributed by atoms with Crippen molar-refractivity contribution in [2.75, 3.05) is 7.05 Å². The summed E-state index contributed by atoms with van der Waals surface area (Å²) in [7, 11) is 1.92. The summed E-state index contributed by atoms with van der Waals surface area (Å²) in [6.45, 7) is 2.11. The molecule has 0 saturated heterocycles. The molecule has 0 bridgehead atoms. The Balaban J connectivity index is 2.07. The fraction of sp³-hybridized carbons (Fsp3) is 0.800. The second kappa shape index (κ2) is 4.09. The molecule has 1 aromatic heterocycles. The Morgan fingerprint density at radius 3 is 2.86 bits per heavy atom. The van der Waals surface area contributed by atoms with Gasteiger partial charge in [-0.05, 0) is 26.3 Å². The van der Waals surface area contributed by atoms with Crippen molar-refractivity contribution in [1.29, 1.82) is 0 Å². The first kappa shape index (κ1) is 9.65. The molecule has 1 N–H and O–H groups in total. The fourth-order valence-corrected chi connectivity index (χ4v) is 1.72. The predicted molar refractivity (Wildman–Crippen MR) is 53.0 cm³/mol. The van der Waals surface area contributed by atoms with Gasteiger partial charge in [-0.25, -0.2) is 0 Å². The summed E-state index contributed by atoms with van der Waals surface area (Å²) < 4.78 is 5.24. The molecule has 0 radical (unpaired) electrons. The van der Waals surface area contributed by atoms with Crippen molar-refractivity contribution >= 4 is 0 Å². The number of hydrogen-bond donors (Lipinski definition) is 1. The van der Waals surface area contributed by atoms with Crippen LogP contribution in [-0.4, -0.2) is 17.2 Å². The van der Waals surface area contributed by atoms with Crippen LogP contribution < -0.4 is 5.32 Å². The van der Waals surface area contributed by atoms with Crippen molar-refractivity contribution in [3.05, 3.63) is 11.7 Å². The van der Waals surface area contributed by atoms with E-state index in [4.69, 9.17) is 4.52 Å². The Labute approximate surface area is 84.1 Å². The average Bonchev–Trinajstić information content (AvgIpc) is 2.53. The minimum Gasteiger partial charge on any atom is -0.338 e. The summed E-state index contributed by atoms with van der Waals surface area (Å²) >= 11 is 0. The summed E-state index contributed by atoms with van der Waals surface area (Å²) in [4.78, 5) is 4.43. The van der Waals surface area contributed by atoms with Crippen molar-refractivity contribution < 1.29 is 4.52 Å². The Morgan fingerprint density at radius 2 is 2.36 bits per heavy atom. The van der Waals surface area contributed by atoms with E-state index in [1.54, 1.807) is 0 Å². The van der Waals surface area contributed by atoms with Gasteiger partial charge in [0.2, 0.25) is 5.89 Å². The van der Waals surface area contributed by atoms with E-state index in [0.29, 0.717) is 5.92 Å². The molecule has 78 valence electrons. The van der Waals surface area contributed by atoms with Crippen LogP contribution in [0.1, 0.15) is 56.3 Å². The van der Waals surface area contributed by atoms with E-state index in [1.807, 2.05) is 7.05 Å². The molecule has 0 aliphatic heterocycles. The first-order chi connectivity index (χ1) is 6.85. The molecular formula is C10H17N3O. The molecule has 1 unspecified atom stereocenters. The van der Waals surface area contributed by atoms with E-state index in [-0.39, 0.29) is 6.04 Å². The Morgan fingerprint density at radius 1 is 1.57 bits per heavy atom. The van der Waals surface area contributed by atoms with E-state index in [9.17, 15) is 0 Å². The largest absolute Gasteiger partial charge is 0.338 e. The summed E-state index contributed by atoms with van der Waals surface area (Å²) in [5.41, 5.74) is 0. The zero-order chi connectivity index (χ0) is 9.97. The first-order valence-corrected chi connectivity index (χ1v) is 5.36. The number of rotatable bonds is 4. The van der Waals surface area contributed by atoms with Crippen molar-refractivity contribution in [1.82, 2.24) is 15.5 Å². The molecule has 4 nitrogen and oxygen atoms in total. The minimum atomic E-state index is 0.205. The molecule has 0 amide bonds. The van der Waals surface area contributed by atoms with Gasteiger partial charge >= 0.3 is 0 Å². The molecule has 0 spiro atoms. The quantitative estimate of drug-likeness (QED) is 0.798. The Hall–Kier alpha value is -0.900. The van der Waals surface area contributed by atoms with Crippen LogP contribution in [0.5, 0.6) is 0 Å². The highest BCUT2D eigenvalue weighted by molar-refractivity contribution is 5.01. The number of nitrogens with zero attached hydrogens (tertiary/aromatic N) is 2. The summed E-state index contributed by atoms with van der Waals surface area (Å²) in [6.07, 6.45) is 4.71. The van der Waals surface area contributed by atoms with Gasteiger partial charge in [0.15, 0.2) is 5.82 Å². The molecule has 1 saturated carbocycles. The lowest BCUT2D eigenvalue weighted by Gasteiger charge is -2.21. The molecule has 4 heteroatoms. The predicted octanol–water partition coefficient (Wildman–Crippen LogP) is 2.01. The van der Waals surface area contributed by atoms with Crippen LogP contribution in [-0.2, 0) is 0 Å². The molecule has 1 atom stereocenters. The molecule has 1 heterocycles. The maximum Gasteiger partial charge on any atom is 0.243 e. The SMILES string of the molecule is CCC(NC)c1nc(C2CCC2)no1. The molecule has 1 aliphatic rings. The van der Waals surface area contributed by atoms with Crippen LogP contribution >= 0.6 is 0 Å². The number of nitrogens with one attached hydrogen (secondary N) is 1. The fourth-order valence-electron chi connectivity index (χ4n) is 1.72. The maximum atomic E-state index is 5.24. The third-order valence-electron chi connectivity index (χ3n) is 2.98. The zero-order valence-corrected chi connectivity index (χ0v) is 8.79. The highest BCUT2D eigenvalue weighted by Gasteiger charge is 2.25. The third-order valence-corrected chi connectivity index (χ3v) is 2.98. The van der Waals surface area contributed by atoms with Gasteiger partial charge in [-0.2, -0.15) is 4.98 Å². The van der Waals surface area contributed by atoms with Crippen LogP contribution in [0.25, 0.3) is 0 Å². The van der Waals surface area contributed by atoms with E-state index < -0.39 is 0 Å². The van der Waals surface area contributed by atoms with Gasteiger partial charge in [0.1, 0.15) is 0 Å². The van der Waals surface area contributed by atoms with Gasteiger partial charge in [0, 0.05) is 5.92 Å². The van der Waals surface area contributed by atoms with Gasteiger partial charge in [0.25, 0.3) is 0 Å². The highest BCUT2D eigenvalue weighted by Crippen LogP contribution is 2.34. The van der Waals surface area contributed by atoms with Crippen LogP contribution in [0.3, 0.4) is 0 Å². The molecule has 1 aromatic rings.